The average molecular weight is 156 g/mol. The molecule has 1 aliphatic carbocycles. The zero-order valence-electron chi connectivity index (χ0n) is 6.70. The van der Waals surface area contributed by atoms with E-state index in [1.165, 1.54) is 0 Å². The van der Waals surface area contributed by atoms with Gasteiger partial charge >= 0.3 is 0 Å². The van der Waals surface area contributed by atoms with Crippen molar-refractivity contribution in [3.8, 4) is 0 Å². The first-order valence-corrected chi connectivity index (χ1v) is 3.96. The van der Waals surface area contributed by atoms with E-state index in [4.69, 9.17) is 4.74 Å². The Bertz CT molecular complexity index is 213. The Hall–Kier alpha value is -0.410. The first kappa shape index (κ1) is 7.25. The van der Waals surface area contributed by atoms with Crippen molar-refractivity contribution < 1.29 is 14.6 Å². The normalized spacial score (nSPS) is 55.5. The number of fused-ring (bicyclic) bond motifs is 1. The molecule has 1 saturated heterocycles. The maximum Gasteiger partial charge on any atom is 0.172 e. The van der Waals surface area contributed by atoms with Crippen LogP contribution in [0.1, 0.15) is 20.3 Å². The monoisotopic (exact) mass is 156 g/mol. The Balaban J connectivity index is 2.22. The summed E-state index contributed by atoms with van der Waals surface area (Å²) < 4.78 is 5.21. The topological polar surface area (TPSA) is 49.8 Å². The van der Waals surface area contributed by atoms with Crippen LogP contribution in [-0.2, 0) is 9.53 Å². The second kappa shape index (κ2) is 1.84. The van der Waals surface area contributed by atoms with Gasteiger partial charge in [-0.05, 0) is 6.92 Å². The zero-order chi connectivity index (χ0) is 8.22. The smallest absolute Gasteiger partial charge is 0.172 e. The van der Waals surface area contributed by atoms with Crippen molar-refractivity contribution in [2.45, 2.75) is 38.1 Å². The van der Waals surface area contributed by atoms with Crippen LogP contribution in [0.5, 0.6) is 0 Å². The van der Waals surface area contributed by atoms with E-state index in [0.29, 0.717) is 6.42 Å². The van der Waals surface area contributed by atoms with E-state index < -0.39 is 11.7 Å². The molecule has 0 bridgehead atoms. The van der Waals surface area contributed by atoms with Crippen LogP contribution in [0.15, 0.2) is 0 Å². The molecular formula is C8H12O3. The molecule has 62 valence electrons. The molecule has 4 atom stereocenters. The van der Waals surface area contributed by atoms with Gasteiger partial charge in [-0.1, -0.05) is 6.92 Å². The highest BCUT2D eigenvalue weighted by molar-refractivity contribution is 5.93. The minimum absolute atomic E-state index is 0.0128. The van der Waals surface area contributed by atoms with Crippen molar-refractivity contribution in [1.82, 2.24) is 0 Å². The van der Waals surface area contributed by atoms with Crippen molar-refractivity contribution in [2.24, 2.45) is 5.92 Å². The number of carbonyl (C=O) groups is 1. The summed E-state index contributed by atoms with van der Waals surface area (Å²) in [6.07, 6.45) is 0.105. The first-order chi connectivity index (χ1) is 5.05. The number of ketones is 1. The van der Waals surface area contributed by atoms with Crippen LogP contribution in [0.2, 0.25) is 0 Å². The molecule has 0 aromatic heterocycles. The predicted molar refractivity (Wildman–Crippen MR) is 38.1 cm³/mol. The van der Waals surface area contributed by atoms with Crippen LogP contribution in [0.25, 0.3) is 0 Å². The summed E-state index contributed by atoms with van der Waals surface area (Å²) in [6, 6.07) is 0. The maximum atomic E-state index is 11.4. The van der Waals surface area contributed by atoms with Gasteiger partial charge in [-0.3, -0.25) is 4.79 Å². The molecule has 0 radical (unpaired) electrons. The van der Waals surface area contributed by atoms with Crippen molar-refractivity contribution in [3.63, 3.8) is 0 Å². The lowest BCUT2D eigenvalue weighted by molar-refractivity contribution is -0.131. The van der Waals surface area contributed by atoms with Gasteiger partial charge in [0.1, 0.15) is 0 Å². The first-order valence-electron chi connectivity index (χ1n) is 3.96. The largest absolute Gasteiger partial charge is 0.392 e. The van der Waals surface area contributed by atoms with E-state index in [2.05, 4.69) is 0 Å². The lowest BCUT2D eigenvalue weighted by Crippen LogP contribution is -2.41. The molecule has 0 spiro atoms. The van der Waals surface area contributed by atoms with E-state index >= 15 is 0 Å². The third-order valence-electron chi connectivity index (χ3n) is 2.88. The fourth-order valence-electron chi connectivity index (χ4n) is 1.80. The number of carbonyl (C=O) groups excluding carboxylic acids is 1. The molecule has 1 heterocycles. The van der Waals surface area contributed by atoms with Gasteiger partial charge in [-0.25, -0.2) is 0 Å². The minimum Gasteiger partial charge on any atom is -0.392 e. The van der Waals surface area contributed by atoms with Gasteiger partial charge in [0.15, 0.2) is 11.4 Å². The van der Waals surface area contributed by atoms with Gasteiger partial charge in [0.05, 0.1) is 12.2 Å². The molecule has 11 heavy (non-hydrogen) atoms. The number of ether oxygens (including phenoxy) is 1. The molecule has 2 aliphatic rings. The van der Waals surface area contributed by atoms with E-state index in [0.717, 1.165) is 0 Å². The Morgan fingerprint density at radius 3 is 3.00 bits per heavy atom. The molecule has 0 amide bonds. The summed E-state index contributed by atoms with van der Waals surface area (Å²) in [5.74, 6) is -0.194. The molecule has 0 aromatic rings. The van der Waals surface area contributed by atoms with Gasteiger partial charge in [0.25, 0.3) is 0 Å². The van der Waals surface area contributed by atoms with Crippen LogP contribution < -0.4 is 0 Å². The molecule has 2 fully saturated rings. The summed E-state index contributed by atoms with van der Waals surface area (Å²) in [4.78, 5) is 11.4. The number of aliphatic hydroxyl groups excluding tert-OH is 1. The standard InChI is InChI=1S/C8H12O3/c1-4-5(9)3-6-8(2,11-6)7(4)10/h4-6,9H,3H2,1-2H3/t4-,5+,6+,8+/m0/s1. The lowest BCUT2D eigenvalue weighted by atomic mass is 9.80. The lowest BCUT2D eigenvalue weighted by Gasteiger charge is -2.23. The van der Waals surface area contributed by atoms with Gasteiger partial charge in [-0.2, -0.15) is 0 Å². The summed E-state index contributed by atoms with van der Waals surface area (Å²) >= 11 is 0. The molecule has 1 saturated carbocycles. The summed E-state index contributed by atoms with van der Waals surface area (Å²) in [5.41, 5.74) is -0.543. The minimum atomic E-state index is -0.543. The number of aliphatic hydroxyl groups is 1. The highest BCUT2D eigenvalue weighted by Gasteiger charge is 2.63. The molecule has 3 heteroatoms. The third-order valence-corrected chi connectivity index (χ3v) is 2.88. The number of epoxide rings is 1. The Morgan fingerprint density at radius 1 is 1.73 bits per heavy atom. The quantitative estimate of drug-likeness (QED) is 0.506. The predicted octanol–water partition coefficient (Wildman–Crippen LogP) is 0.114. The second-order valence-corrected chi connectivity index (χ2v) is 3.67. The molecule has 2 rings (SSSR count). The maximum absolute atomic E-state index is 11.4. The Labute approximate surface area is 65.4 Å². The number of Topliss-reactive ketones (excluding diaryl/α,β-unsaturated/α-hetero) is 1. The van der Waals surface area contributed by atoms with E-state index in [1.54, 1.807) is 6.92 Å². The Morgan fingerprint density at radius 2 is 2.36 bits per heavy atom. The number of hydrogen-bond acceptors (Lipinski definition) is 3. The molecule has 1 aliphatic heterocycles. The molecule has 0 aromatic carbocycles. The molecular weight excluding hydrogens is 144 g/mol. The van der Waals surface area contributed by atoms with Gasteiger partial charge in [0.2, 0.25) is 0 Å². The molecule has 3 nitrogen and oxygen atoms in total. The van der Waals surface area contributed by atoms with Crippen LogP contribution >= 0.6 is 0 Å². The van der Waals surface area contributed by atoms with E-state index in [9.17, 15) is 9.90 Å². The van der Waals surface area contributed by atoms with Crippen molar-refractivity contribution in [1.29, 1.82) is 0 Å². The zero-order valence-corrected chi connectivity index (χ0v) is 6.70. The number of hydrogen-bond donors (Lipinski definition) is 1. The summed E-state index contributed by atoms with van der Waals surface area (Å²) in [7, 11) is 0. The average Bonchev–Trinajstić information content (AvgIpc) is 2.59. The van der Waals surface area contributed by atoms with Crippen molar-refractivity contribution in [3.05, 3.63) is 0 Å². The second-order valence-electron chi connectivity index (χ2n) is 3.67. The van der Waals surface area contributed by atoms with Crippen LogP contribution in [0, 0.1) is 5.92 Å². The molecule has 0 unspecified atom stereocenters. The number of rotatable bonds is 0. The SMILES string of the molecule is C[C@@H]1C(=O)[C@]2(C)O[C@@H]2C[C@H]1O. The van der Waals surface area contributed by atoms with E-state index in [-0.39, 0.29) is 17.8 Å². The van der Waals surface area contributed by atoms with Gasteiger partial charge in [0, 0.05) is 12.3 Å². The summed E-state index contributed by atoms with van der Waals surface area (Å²) in [5, 5.41) is 9.36. The Kier molecular flexibility index (Phi) is 1.22. The molecule has 1 N–H and O–H groups in total. The van der Waals surface area contributed by atoms with Crippen LogP contribution in [0.4, 0.5) is 0 Å². The third kappa shape index (κ3) is 0.781. The van der Waals surface area contributed by atoms with Crippen LogP contribution in [0.3, 0.4) is 0 Å². The van der Waals surface area contributed by atoms with Gasteiger partial charge < -0.3 is 9.84 Å². The summed E-state index contributed by atoms with van der Waals surface area (Å²) in [6.45, 7) is 3.57. The van der Waals surface area contributed by atoms with Crippen LogP contribution in [-0.4, -0.2) is 28.7 Å². The fourth-order valence-corrected chi connectivity index (χ4v) is 1.80. The fraction of sp³-hybridized carbons (Fsp3) is 0.875. The van der Waals surface area contributed by atoms with Gasteiger partial charge in [-0.15, -0.1) is 0 Å². The highest BCUT2D eigenvalue weighted by Crippen LogP contribution is 2.46. The van der Waals surface area contributed by atoms with Crippen molar-refractivity contribution >= 4 is 5.78 Å². The highest BCUT2D eigenvalue weighted by atomic mass is 16.6. The van der Waals surface area contributed by atoms with Crippen molar-refractivity contribution in [2.75, 3.05) is 0 Å². The van der Waals surface area contributed by atoms with E-state index in [1.807, 2.05) is 6.92 Å².